The molecule has 0 bridgehead atoms. The summed E-state index contributed by atoms with van der Waals surface area (Å²) in [6, 6.07) is 22.4. The molecule has 0 aromatic heterocycles. The molecule has 3 aromatic rings. The van der Waals surface area contributed by atoms with Gasteiger partial charge in [-0.2, -0.15) is 0 Å². The molecule has 3 aromatic carbocycles. The number of ether oxygens (including phenoxy) is 2. The molecule has 7 nitrogen and oxygen atoms in total. The number of aliphatic hydroxyl groups is 1. The van der Waals surface area contributed by atoms with Crippen molar-refractivity contribution < 1.29 is 24.2 Å². The minimum atomic E-state index is -0.667. The lowest BCUT2D eigenvalue weighted by Gasteiger charge is -2.31. The van der Waals surface area contributed by atoms with Gasteiger partial charge in [0.2, 0.25) is 0 Å². The van der Waals surface area contributed by atoms with Crippen molar-refractivity contribution in [1.82, 2.24) is 9.80 Å². The molecular formula is C32H34N2O5. The predicted molar refractivity (Wildman–Crippen MR) is 149 cm³/mol. The highest BCUT2D eigenvalue weighted by Crippen LogP contribution is 2.40. The average Bonchev–Trinajstić information content (AvgIpc) is 3.21. The molecule has 2 aliphatic rings. The lowest BCUT2D eigenvalue weighted by atomic mass is 9.93. The topological polar surface area (TPSA) is 79.3 Å². The van der Waals surface area contributed by atoms with E-state index in [9.17, 15) is 14.7 Å². The second kappa shape index (κ2) is 11.8. The molecule has 2 fully saturated rings. The molecule has 0 aliphatic carbocycles. The summed E-state index contributed by atoms with van der Waals surface area (Å²) < 4.78 is 11.4. The van der Waals surface area contributed by atoms with Crippen molar-refractivity contribution in [3.8, 4) is 5.75 Å². The van der Waals surface area contributed by atoms with Crippen LogP contribution >= 0.6 is 0 Å². The van der Waals surface area contributed by atoms with Crippen LogP contribution in [0.1, 0.15) is 33.9 Å². The maximum Gasteiger partial charge on any atom is 0.295 e. The summed E-state index contributed by atoms with van der Waals surface area (Å²) in [7, 11) is 0. The fourth-order valence-electron chi connectivity index (χ4n) is 5.16. The first kappa shape index (κ1) is 26.7. The second-order valence-corrected chi connectivity index (χ2v) is 10.1. The Morgan fingerprint density at radius 1 is 0.949 bits per heavy atom. The first-order valence-electron chi connectivity index (χ1n) is 13.3. The number of carbonyl (C=O) groups excluding carboxylic acids is 2. The number of hydrogen-bond acceptors (Lipinski definition) is 6. The third kappa shape index (κ3) is 5.90. The highest BCUT2D eigenvalue weighted by atomic mass is 16.5. The lowest BCUT2D eigenvalue weighted by molar-refractivity contribution is -0.140. The summed E-state index contributed by atoms with van der Waals surface area (Å²) in [6.45, 7) is 8.18. The van der Waals surface area contributed by atoms with Gasteiger partial charge in [0.15, 0.2) is 0 Å². The second-order valence-electron chi connectivity index (χ2n) is 10.1. The number of benzene rings is 3. The van der Waals surface area contributed by atoms with E-state index in [0.29, 0.717) is 44.2 Å². The molecule has 1 N–H and O–H groups in total. The number of carbonyl (C=O) groups is 2. The Hall–Kier alpha value is -3.94. The van der Waals surface area contributed by atoms with Gasteiger partial charge in [-0.3, -0.25) is 14.5 Å². The van der Waals surface area contributed by atoms with Crippen LogP contribution in [0.5, 0.6) is 5.75 Å². The highest BCUT2D eigenvalue weighted by molar-refractivity contribution is 6.46. The Bertz CT molecular complexity index is 1360. The van der Waals surface area contributed by atoms with Crippen molar-refractivity contribution >= 4 is 17.4 Å². The van der Waals surface area contributed by atoms with E-state index in [1.165, 1.54) is 0 Å². The predicted octanol–water partition coefficient (Wildman–Crippen LogP) is 4.64. The van der Waals surface area contributed by atoms with Crippen LogP contribution in [0.2, 0.25) is 0 Å². The van der Waals surface area contributed by atoms with Crippen LogP contribution < -0.4 is 4.74 Å². The van der Waals surface area contributed by atoms with Gasteiger partial charge in [0, 0.05) is 31.7 Å². The van der Waals surface area contributed by atoms with Crippen molar-refractivity contribution in [2.45, 2.75) is 26.5 Å². The number of likely N-dealkylation sites (tertiary alicyclic amines) is 1. The molecule has 2 heterocycles. The molecule has 39 heavy (non-hydrogen) atoms. The first-order valence-corrected chi connectivity index (χ1v) is 13.3. The van der Waals surface area contributed by atoms with E-state index in [2.05, 4.69) is 4.90 Å². The molecule has 202 valence electrons. The van der Waals surface area contributed by atoms with Gasteiger partial charge in [-0.1, -0.05) is 60.2 Å². The minimum absolute atomic E-state index is 0.117. The van der Waals surface area contributed by atoms with Crippen LogP contribution in [-0.4, -0.2) is 66.0 Å². The zero-order chi connectivity index (χ0) is 27.4. The fraction of sp³-hybridized carbons (Fsp3) is 0.312. The molecule has 0 saturated carbocycles. The lowest BCUT2D eigenvalue weighted by Crippen LogP contribution is -2.42. The maximum absolute atomic E-state index is 13.4. The SMILES string of the molecule is Cc1ccc([C@@H]2/C(=C(\O)c3ccc(OCc4ccccc4)cc3C)C(=O)C(=O)N2CCN2CCOCC2)cc1. The van der Waals surface area contributed by atoms with Crippen molar-refractivity contribution in [3.05, 3.63) is 106 Å². The molecule has 2 aliphatic heterocycles. The van der Waals surface area contributed by atoms with E-state index in [4.69, 9.17) is 9.47 Å². The van der Waals surface area contributed by atoms with Crippen LogP contribution in [0.25, 0.3) is 5.76 Å². The summed E-state index contributed by atoms with van der Waals surface area (Å²) in [4.78, 5) is 30.5. The summed E-state index contributed by atoms with van der Waals surface area (Å²) in [6.07, 6.45) is 0. The Morgan fingerprint density at radius 3 is 2.36 bits per heavy atom. The van der Waals surface area contributed by atoms with Gasteiger partial charge < -0.3 is 19.5 Å². The van der Waals surface area contributed by atoms with Crippen LogP contribution in [0.4, 0.5) is 0 Å². The van der Waals surface area contributed by atoms with Gasteiger partial charge in [-0.15, -0.1) is 0 Å². The first-order chi connectivity index (χ1) is 18.9. The molecule has 1 atom stereocenters. The van der Waals surface area contributed by atoms with E-state index in [1.54, 1.807) is 17.0 Å². The van der Waals surface area contributed by atoms with Crippen molar-refractivity contribution in [3.63, 3.8) is 0 Å². The van der Waals surface area contributed by atoms with Crippen LogP contribution in [0.3, 0.4) is 0 Å². The third-order valence-electron chi connectivity index (χ3n) is 7.40. The number of amides is 1. The van der Waals surface area contributed by atoms with E-state index in [1.807, 2.05) is 74.5 Å². The quantitative estimate of drug-likeness (QED) is 0.262. The summed E-state index contributed by atoms with van der Waals surface area (Å²) >= 11 is 0. The van der Waals surface area contributed by atoms with Gasteiger partial charge >= 0.3 is 0 Å². The fourth-order valence-corrected chi connectivity index (χ4v) is 5.16. The number of hydrogen-bond donors (Lipinski definition) is 1. The summed E-state index contributed by atoms with van der Waals surface area (Å²) in [5, 5.41) is 11.5. The van der Waals surface area contributed by atoms with E-state index in [0.717, 1.165) is 35.3 Å². The maximum atomic E-state index is 13.4. The van der Waals surface area contributed by atoms with Crippen molar-refractivity contribution in [1.29, 1.82) is 0 Å². The van der Waals surface area contributed by atoms with Crippen LogP contribution in [-0.2, 0) is 20.9 Å². The Kier molecular flexibility index (Phi) is 8.10. The van der Waals surface area contributed by atoms with Gasteiger partial charge in [0.1, 0.15) is 18.1 Å². The van der Waals surface area contributed by atoms with Crippen LogP contribution in [0, 0.1) is 13.8 Å². The van der Waals surface area contributed by atoms with Crippen molar-refractivity contribution in [2.75, 3.05) is 39.4 Å². The van der Waals surface area contributed by atoms with Crippen molar-refractivity contribution in [2.24, 2.45) is 0 Å². The normalized spacial score (nSPS) is 19.4. The Labute approximate surface area is 229 Å². The third-order valence-corrected chi connectivity index (χ3v) is 7.40. The Balaban J connectivity index is 1.45. The van der Waals surface area contributed by atoms with E-state index >= 15 is 0 Å². The van der Waals surface area contributed by atoms with Gasteiger partial charge in [0.25, 0.3) is 11.7 Å². The molecule has 0 spiro atoms. The molecule has 5 rings (SSSR count). The highest BCUT2D eigenvalue weighted by Gasteiger charge is 2.46. The number of Topliss-reactive ketones (excluding diaryl/α,β-unsaturated/α-hetero) is 1. The Morgan fingerprint density at radius 2 is 1.67 bits per heavy atom. The van der Waals surface area contributed by atoms with E-state index < -0.39 is 17.7 Å². The molecule has 0 radical (unpaired) electrons. The number of nitrogens with zero attached hydrogens (tertiary/aromatic N) is 2. The van der Waals surface area contributed by atoms with Gasteiger partial charge in [0.05, 0.1) is 24.8 Å². The number of morpholine rings is 1. The van der Waals surface area contributed by atoms with Crippen LogP contribution in [0.15, 0.2) is 78.4 Å². The minimum Gasteiger partial charge on any atom is -0.507 e. The number of aliphatic hydroxyl groups excluding tert-OH is 1. The zero-order valence-corrected chi connectivity index (χ0v) is 22.4. The largest absolute Gasteiger partial charge is 0.507 e. The monoisotopic (exact) mass is 526 g/mol. The number of ketones is 1. The summed E-state index contributed by atoms with van der Waals surface area (Å²) in [5.74, 6) is -0.756. The number of aryl methyl sites for hydroxylation is 2. The summed E-state index contributed by atoms with van der Waals surface area (Å²) in [5.41, 5.74) is 4.30. The average molecular weight is 527 g/mol. The zero-order valence-electron chi connectivity index (χ0n) is 22.4. The standard InChI is InChI=1S/C32H34N2O5/c1-22-8-10-25(11-9-22)29-28(31(36)32(37)34(29)15-14-33-16-18-38-19-17-33)30(35)27-13-12-26(20-23(27)2)39-21-24-6-4-3-5-7-24/h3-13,20,29,35H,14-19,21H2,1-2H3/b30-28+/t29-/m1/s1. The molecule has 1 amide bonds. The molecule has 7 heteroatoms. The molecule has 2 saturated heterocycles. The smallest absolute Gasteiger partial charge is 0.295 e. The van der Waals surface area contributed by atoms with E-state index in [-0.39, 0.29) is 11.3 Å². The van der Waals surface area contributed by atoms with Gasteiger partial charge in [-0.05, 0) is 48.7 Å². The number of rotatable bonds is 8. The molecular weight excluding hydrogens is 492 g/mol. The molecule has 0 unspecified atom stereocenters. The van der Waals surface area contributed by atoms with Gasteiger partial charge in [-0.25, -0.2) is 0 Å².